The van der Waals surface area contributed by atoms with Crippen molar-refractivity contribution in [3.8, 4) is 5.75 Å². The lowest BCUT2D eigenvalue weighted by Gasteiger charge is -2.23. The van der Waals surface area contributed by atoms with Gasteiger partial charge in [-0.3, -0.25) is 9.00 Å². The van der Waals surface area contributed by atoms with E-state index in [1.54, 1.807) is 6.92 Å². The molecular formula is C17H27NO3S. The Labute approximate surface area is 136 Å². The molecule has 0 unspecified atom stereocenters. The molecule has 0 aromatic heterocycles. The van der Waals surface area contributed by atoms with Crippen LogP contribution in [-0.4, -0.2) is 27.0 Å². The summed E-state index contributed by atoms with van der Waals surface area (Å²) in [4.78, 5) is 12.1. The number of nitrogens with one attached hydrogen (secondary N) is 1. The van der Waals surface area contributed by atoms with Gasteiger partial charge < -0.3 is 10.1 Å². The van der Waals surface area contributed by atoms with Crippen molar-refractivity contribution in [1.82, 2.24) is 5.32 Å². The number of ether oxygens (including phenoxy) is 1. The Morgan fingerprint density at radius 3 is 2.36 bits per heavy atom. The summed E-state index contributed by atoms with van der Waals surface area (Å²) < 4.78 is 18.2. The quantitative estimate of drug-likeness (QED) is 0.874. The maximum atomic E-state index is 12.5. The molecule has 2 atom stereocenters. The molecule has 0 saturated heterocycles. The van der Waals surface area contributed by atoms with Gasteiger partial charge in [-0.05, 0) is 47.6 Å². The number of benzene rings is 1. The van der Waals surface area contributed by atoms with Crippen LogP contribution in [0.3, 0.4) is 0 Å². The lowest BCUT2D eigenvalue weighted by atomic mass is 10.1. The Hall–Kier alpha value is -1.36. The molecule has 1 aromatic rings. The fraction of sp³-hybridized carbons (Fsp3) is 0.588. The van der Waals surface area contributed by atoms with Crippen molar-refractivity contribution in [3.05, 3.63) is 29.8 Å². The van der Waals surface area contributed by atoms with E-state index < -0.39 is 16.0 Å². The van der Waals surface area contributed by atoms with Gasteiger partial charge in [-0.25, -0.2) is 0 Å². The Bertz CT molecular complexity index is 535. The summed E-state index contributed by atoms with van der Waals surface area (Å²) in [6.07, 6.45) is 0.0520. The molecule has 4 nitrogen and oxygen atoms in total. The highest BCUT2D eigenvalue weighted by Crippen LogP contribution is 2.22. The zero-order valence-electron chi connectivity index (χ0n) is 14.3. The van der Waals surface area contributed by atoms with Gasteiger partial charge in [0.1, 0.15) is 11.0 Å². The van der Waals surface area contributed by atoms with E-state index in [9.17, 15) is 9.00 Å². The Morgan fingerprint density at radius 2 is 1.82 bits per heavy atom. The van der Waals surface area contributed by atoms with Crippen LogP contribution in [0.4, 0.5) is 0 Å². The predicted octanol–water partition coefficient (Wildman–Crippen LogP) is 3.03. The molecule has 0 spiro atoms. The van der Waals surface area contributed by atoms with Crippen molar-refractivity contribution >= 4 is 16.7 Å². The van der Waals surface area contributed by atoms with Crippen LogP contribution in [0.1, 0.15) is 47.1 Å². The van der Waals surface area contributed by atoms with Gasteiger partial charge in [-0.15, -0.1) is 0 Å². The van der Waals surface area contributed by atoms with E-state index in [0.717, 1.165) is 11.3 Å². The third-order valence-electron chi connectivity index (χ3n) is 2.89. The average Bonchev–Trinajstić information content (AvgIpc) is 2.37. The van der Waals surface area contributed by atoms with Crippen molar-refractivity contribution in [1.29, 1.82) is 0 Å². The average molecular weight is 325 g/mol. The summed E-state index contributed by atoms with van der Waals surface area (Å²) in [5.74, 6) is 0.851. The van der Waals surface area contributed by atoms with Crippen LogP contribution in [0.2, 0.25) is 0 Å². The number of rotatable bonds is 6. The van der Waals surface area contributed by atoms with E-state index in [-0.39, 0.29) is 17.6 Å². The van der Waals surface area contributed by atoms with Crippen LogP contribution in [0.5, 0.6) is 5.75 Å². The Kier molecular flexibility index (Phi) is 6.60. The van der Waals surface area contributed by atoms with Crippen molar-refractivity contribution in [2.24, 2.45) is 0 Å². The van der Waals surface area contributed by atoms with Crippen LogP contribution >= 0.6 is 0 Å². The number of hydrogen-bond donors (Lipinski definition) is 1. The first-order valence-electron chi connectivity index (χ1n) is 7.54. The molecular weight excluding hydrogens is 298 g/mol. The first kappa shape index (κ1) is 18.7. The molecule has 0 radical (unpaired) electrons. The van der Waals surface area contributed by atoms with Crippen molar-refractivity contribution in [2.45, 2.75) is 64.2 Å². The highest BCUT2D eigenvalue weighted by Gasteiger charge is 2.24. The highest BCUT2D eigenvalue weighted by molar-refractivity contribution is 7.85. The van der Waals surface area contributed by atoms with Crippen LogP contribution in [0, 0.1) is 0 Å². The molecule has 22 heavy (non-hydrogen) atoms. The highest BCUT2D eigenvalue weighted by atomic mass is 32.2. The van der Waals surface area contributed by atoms with Crippen LogP contribution < -0.4 is 10.1 Å². The zero-order chi connectivity index (χ0) is 16.9. The van der Waals surface area contributed by atoms with Crippen molar-refractivity contribution < 1.29 is 13.7 Å². The molecule has 0 bridgehead atoms. The normalized spacial score (nSPS) is 14.5. The summed E-state index contributed by atoms with van der Waals surface area (Å²) in [7, 11) is -1.30. The van der Waals surface area contributed by atoms with E-state index in [1.807, 2.05) is 58.9 Å². The third-order valence-corrected chi connectivity index (χ3v) is 4.49. The number of carbonyl (C=O) groups excluding carboxylic acids is 1. The molecule has 5 heteroatoms. The van der Waals surface area contributed by atoms with E-state index in [2.05, 4.69) is 5.32 Å². The fourth-order valence-corrected chi connectivity index (χ4v) is 2.95. The van der Waals surface area contributed by atoms with Gasteiger partial charge in [-0.1, -0.05) is 18.2 Å². The maximum absolute atomic E-state index is 12.5. The fourth-order valence-electron chi connectivity index (χ4n) is 1.86. The van der Waals surface area contributed by atoms with Crippen LogP contribution in [0.25, 0.3) is 0 Å². The first-order valence-corrected chi connectivity index (χ1v) is 8.92. The number of hydrogen-bond acceptors (Lipinski definition) is 3. The van der Waals surface area contributed by atoms with Crippen molar-refractivity contribution in [2.75, 3.05) is 0 Å². The molecule has 0 saturated carbocycles. The van der Waals surface area contributed by atoms with Gasteiger partial charge in [0.2, 0.25) is 5.91 Å². The number of amides is 1. The summed E-state index contributed by atoms with van der Waals surface area (Å²) in [6, 6.07) is 7.54. The molecule has 1 N–H and O–H groups in total. The lowest BCUT2D eigenvalue weighted by molar-refractivity contribution is -0.121. The smallest absolute Gasteiger partial charge is 0.235 e. The van der Waals surface area contributed by atoms with Gasteiger partial charge in [-0.2, -0.15) is 0 Å². The minimum atomic E-state index is -1.30. The SMILES string of the molecule is CC(C)Oc1ccccc1C[S@@](=O)[C@H](C)C(=O)NC(C)(C)C. The first-order chi connectivity index (χ1) is 10.1. The lowest BCUT2D eigenvalue weighted by Crippen LogP contribution is -2.46. The number of para-hydroxylation sites is 1. The minimum Gasteiger partial charge on any atom is -0.491 e. The third kappa shape index (κ3) is 6.18. The van der Waals surface area contributed by atoms with Gasteiger partial charge >= 0.3 is 0 Å². The summed E-state index contributed by atoms with van der Waals surface area (Å²) >= 11 is 0. The van der Waals surface area contributed by atoms with Gasteiger partial charge in [0, 0.05) is 21.9 Å². The van der Waals surface area contributed by atoms with Crippen molar-refractivity contribution in [3.63, 3.8) is 0 Å². The Balaban J connectivity index is 2.78. The van der Waals surface area contributed by atoms with E-state index in [0.29, 0.717) is 5.75 Å². The van der Waals surface area contributed by atoms with Gasteiger partial charge in [0.15, 0.2) is 0 Å². The Morgan fingerprint density at radius 1 is 1.23 bits per heavy atom. The molecule has 1 amide bonds. The summed E-state index contributed by atoms with van der Waals surface area (Å²) in [5.41, 5.74) is 0.540. The van der Waals surface area contributed by atoms with E-state index >= 15 is 0 Å². The molecule has 0 aliphatic rings. The second-order valence-corrected chi connectivity index (χ2v) is 8.44. The molecule has 124 valence electrons. The summed E-state index contributed by atoms with van der Waals surface area (Å²) in [6.45, 7) is 11.3. The predicted molar refractivity (Wildman–Crippen MR) is 91.4 cm³/mol. The maximum Gasteiger partial charge on any atom is 0.235 e. The second kappa shape index (κ2) is 7.77. The van der Waals surface area contributed by atoms with Gasteiger partial charge in [0.05, 0.1) is 11.9 Å². The molecule has 0 heterocycles. The second-order valence-electron chi connectivity index (χ2n) is 6.68. The molecule has 1 aromatic carbocycles. The monoisotopic (exact) mass is 325 g/mol. The zero-order valence-corrected chi connectivity index (χ0v) is 15.1. The van der Waals surface area contributed by atoms with Crippen LogP contribution in [-0.2, 0) is 21.3 Å². The molecule has 0 aliphatic heterocycles. The van der Waals surface area contributed by atoms with Gasteiger partial charge in [0.25, 0.3) is 0 Å². The minimum absolute atomic E-state index is 0.0520. The largest absolute Gasteiger partial charge is 0.491 e. The molecule has 1 rings (SSSR count). The summed E-state index contributed by atoms with van der Waals surface area (Å²) in [5, 5.41) is 2.31. The van der Waals surface area contributed by atoms with Crippen LogP contribution in [0.15, 0.2) is 24.3 Å². The molecule has 0 fully saturated rings. The van der Waals surface area contributed by atoms with E-state index in [4.69, 9.17) is 4.74 Å². The standard InChI is InChI=1S/C17H27NO3S/c1-12(2)21-15-10-8-7-9-14(15)11-22(20)13(3)16(19)18-17(4,5)6/h7-10,12-13H,11H2,1-6H3,(H,18,19)/t13-,22-/m1/s1. The topological polar surface area (TPSA) is 55.4 Å². The number of carbonyl (C=O) groups is 1. The van der Waals surface area contributed by atoms with E-state index in [1.165, 1.54) is 0 Å². The molecule has 0 aliphatic carbocycles.